The maximum Gasteiger partial charge on any atom is 0.303 e. The quantitative estimate of drug-likeness (QED) is 0.445. The highest BCUT2D eigenvalue weighted by atomic mass is 16.4. The number of aliphatic carboxylic acids is 1. The minimum absolute atomic E-state index is 0.345. The molecule has 5 saturated carbocycles. The molecule has 2 heteroatoms. The molecule has 0 radical (unpaired) electrons. The van der Waals surface area contributed by atoms with Crippen LogP contribution in [0.15, 0.2) is 0 Å². The van der Waals surface area contributed by atoms with Gasteiger partial charge < -0.3 is 5.11 Å². The zero-order chi connectivity index (χ0) is 24.7. The van der Waals surface area contributed by atoms with Crippen molar-refractivity contribution in [3.63, 3.8) is 0 Å². The first-order chi connectivity index (χ1) is 15.8. The number of hydrogen-bond donors (Lipinski definition) is 1. The Hall–Kier alpha value is -0.530. The molecule has 5 aliphatic rings. The second-order valence-corrected chi connectivity index (χ2v) is 15.7. The lowest BCUT2D eigenvalue weighted by molar-refractivity contribution is -0.241. The Balaban J connectivity index is 1.43. The molecule has 0 heterocycles. The summed E-state index contributed by atoms with van der Waals surface area (Å²) in [5.74, 6) is 4.15. The lowest BCUT2D eigenvalue weighted by Gasteiger charge is -2.73. The van der Waals surface area contributed by atoms with Gasteiger partial charge in [-0.3, -0.25) is 4.79 Å². The summed E-state index contributed by atoms with van der Waals surface area (Å²) in [4.78, 5) is 11.2. The average molecular weight is 471 g/mol. The summed E-state index contributed by atoms with van der Waals surface area (Å²) in [5.41, 5.74) is 2.46. The number of fused-ring (bicyclic) bond motifs is 7. The molecule has 0 bridgehead atoms. The normalized spacial score (nSPS) is 52.6. The van der Waals surface area contributed by atoms with Crippen LogP contribution in [0.1, 0.15) is 132 Å². The van der Waals surface area contributed by atoms with E-state index in [1.54, 1.807) is 0 Å². The van der Waals surface area contributed by atoms with Gasteiger partial charge >= 0.3 is 5.97 Å². The molecule has 0 saturated heterocycles. The van der Waals surface area contributed by atoms with Gasteiger partial charge in [-0.2, -0.15) is 0 Å². The molecular weight excluding hydrogens is 416 g/mol. The van der Waals surface area contributed by atoms with Crippen molar-refractivity contribution >= 4 is 5.97 Å². The van der Waals surface area contributed by atoms with Crippen molar-refractivity contribution in [3.05, 3.63) is 0 Å². The average Bonchev–Trinajstić information content (AvgIpc) is 3.09. The lowest BCUT2D eigenvalue weighted by atomic mass is 9.32. The molecule has 5 aliphatic carbocycles. The third-order valence-electron chi connectivity index (χ3n) is 14.3. The van der Waals surface area contributed by atoms with Gasteiger partial charge in [0.1, 0.15) is 0 Å². The first kappa shape index (κ1) is 25.1. The maximum atomic E-state index is 11.2. The van der Waals surface area contributed by atoms with Crippen LogP contribution < -0.4 is 0 Å². The van der Waals surface area contributed by atoms with Crippen molar-refractivity contribution in [2.24, 2.45) is 62.6 Å². The van der Waals surface area contributed by atoms with E-state index >= 15 is 0 Å². The van der Waals surface area contributed by atoms with E-state index in [9.17, 15) is 9.90 Å². The number of carboxylic acid groups (broad SMARTS) is 1. The van der Waals surface area contributed by atoms with Crippen LogP contribution in [0.2, 0.25) is 0 Å². The molecule has 10 atom stereocenters. The summed E-state index contributed by atoms with van der Waals surface area (Å²) in [6.07, 6.45) is 16.9. The third-order valence-corrected chi connectivity index (χ3v) is 14.3. The Morgan fingerprint density at radius 1 is 0.765 bits per heavy atom. The summed E-state index contributed by atoms with van der Waals surface area (Å²) in [5, 5.41) is 9.25. The maximum absolute atomic E-state index is 11.2. The smallest absolute Gasteiger partial charge is 0.303 e. The van der Waals surface area contributed by atoms with Crippen molar-refractivity contribution in [1.82, 2.24) is 0 Å². The van der Waals surface area contributed by atoms with E-state index in [2.05, 4.69) is 48.5 Å². The van der Waals surface area contributed by atoms with Crippen LogP contribution in [-0.4, -0.2) is 11.1 Å². The van der Waals surface area contributed by atoms with E-state index in [0.29, 0.717) is 39.4 Å². The van der Waals surface area contributed by atoms with E-state index in [0.717, 1.165) is 36.0 Å². The van der Waals surface area contributed by atoms with Crippen LogP contribution in [0.25, 0.3) is 0 Å². The minimum Gasteiger partial charge on any atom is -0.481 e. The highest BCUT2D eigenvalue weighted by molar-refractivity contribution is 5.66. The van der Waals surface area contributed by atoms with Gasteiger partial charge in [0.05, 0.1) is 0 Å². The Morgan fingerprint density at radius 2 is 1.38 bits per heavy atom. The first-order valence-corrected chi connectivity index (χ1v) is 15.0. The van der Waals surface area contributed by atoms with Gasteiger partial charge in [0, 0.05) is 6.42 Å². The molecule has 34 heavy (non-hydrogen) atoms. The molecule has 1 N–H and O–H groups in total. The van der Waals surface area contributed by atoms with Crippen LogP contribution in [0.5, 0.6) is 0 Å². The monoisotopic (exact) mass is 470 g/mol. The molecule has 2 nitrogen and oxygen atoms in total. The first-order valence-electron chi connectivity index (χ1n) is 15.0. The lowest BCUT2D eigenvalue weighted by Crippen LogP contribution is -2.65. The van der Waals surface area contributed by atoms with Gasteiger partial charge in [0.25, 0.3) is 0 Å². The second-order valence-electron chi connectivity index (χ2n) is 15.7. The highest BCUT2D eigenvalue weighted by Crippen LogP contribution is 2.78. The molecule has 0 spiro atoms. The van der Waals surface area contributed by atoms with E-state index in [1.807, 2.05) is 0 Å². The molecule has 194 valence electrons. The minimum atomic E-state index is -0.620. The topological polar surface area (TPSA) is 37.3 Å². The fourth-order valence-electron chi connectivity index (χ4n) is 12.6. The van der Waals surface area contributed by atoms with Gasteiger partial charge in [0.15, 0.2) is 0 Å². The summed E-state index contributed by atoms with van der Waals surface area (Å²) >= 11 is 0. The number of hydrogen-bond acceptors (Lipinski definition) is 1. The molecule has 0 amide bonds. The molecule has 5 fully saturated rings. The van der Waals surface area contributed by atoms with Gasteiger partial charge in [0.2, 0.25) is 0 Å². The van der Waals surface area contributed by atoms with Gasteiger partial charge in [-0.05, 0) is 133 Å². The predicted molar refractivity (Wildman–Crippen MR) is 140 cm³/mol. The summed E-state index contributed by atoms with van der Waals surface area (Å²) < 4.78 is 0. The van der Waals surface area contributed by atoms with E-state index in [-0.39, 0.29) is 0 Å². The molecular formula is C32H54O2. The van der Waals surface area contributed by atoms with Crippen LogP contribution in [0, 0.1) is 62.6 Å². The summed E-state index contributed by atoms with van der Waals surface area (Å²) in [6.45, 7) is 18.5. The highest BCUT2D eigenvalue weighted by Gasteiger charge is 2.70. The summed E-state index contributed by atoms with van der Waals surface area (Å²) in [6, 6.07) is 0. The number of carbonyl (C=O) groups is 1. The molecule has 5 rings (SSSR count). The second kappa shape index (κ2) is 7.98. The SMILES string of the molecule is CC(CCC(=O)O)[C@H]1CC[C@@]2(C)[C@@H]1CC[C@]1(C)[C@@H]2CC[C@@H]2[C@@]3(C)CCCC(C)(C)[C@@H]3CC[C@]21C. The number of rotatable bonds is 4. The Labute approximate surface area is 210 Å². The van der Waals surface area contributed by atoms with Gasteiger partial charge in [-0.15, -0.1) is 0 Å². The van der Waals surface area contributed by atoms with Crippen molar-refractivity contribution in [2.45, 2.75) is 132 Å². The van der Waals surface area contributed by atoms with Crippen molar-refractivity contribution < 1.29 is 9.90 Å². The van der Waals surface area contributed by atoms with E-state index in [4.69, 9.17) is 0 Å². The Bertz CT molecular complexity index is 816. The standard InChI is InChI=1S/C32H54O2/c1-21(9-12-27(33)34)22-13-18-29(4)23(22)14-19-31(6)25(29)10-11-26-30(5)17-8-16-28(2,3)24(30)15-20-32(26,31)7/h21-26H,8-20H2,1-7H3,(H,33,34)/t21?,22-,23-,24+,25-,26-,29+,30+,31-,32-/m1/s1. The molecule has 0 aromatic rings. The largest absolute Gasteiger partial charge is 0.481 e. The number of carboxylic acids is 1. The molecule has 0 aromatic heterocycles. The summed E-state index contributed by atoms with van der Waals surface area (Å²) in [7, 11) is 0. The predicted octanol–water partition coefficient (Wildman–Crippen LogP) is 8.98. The zero-order valence-corrected chi connectivity index (χ0v) is 23.5. The van der Waals surface area contributed by atoms with E-state index in [1.165, 1.54) is 70.6 Å². The van der Waals surface area contributed by atoms with Crippen molar-refractivity contribution in [1.29, 1.82) is 0 Å². The van der Waals surface area contributed by atoms with Gasteiger partial charge in [-0.1, -0.05) is 54.9 Å². The Kier molecular flexibility index (Phi) is 5.90. The van der Waals surface area contributed by atoms with Crippen LogP contribution in [0.3, 0.4) is 0 Å². The molecule has 0 aliphatic heterocycles. The van der Waals surface area contributed by atoms with Crippen molar-refractivity contribution in [3.8, 4) is 0 Å². The molecule has 0 aromatic carbocycles. The van der Waals surface area contributed by atoms with E-state index < -0.39 is 5.97 Å². The van der Waals surface area contributed by atoms with Crippen LogP contribution >= 0.6 is 0 Å². The zero-order valence-electron chi connectivity index (χ0n) is 23.5. The van der Waals surface area contributed by atoms with Crippen LogP contribution in [-0.2, 0) is 4.79 Å². The van der Waals surface area contributed by atoms with Crippen LogP contribution in [0.4, 0.5) is 0 Å². The fourth-order valence-corrected chi connectivity index (χ4v) is 12.6. The van der Waals surface area contributed by atoms with Crippen molar-refractivity contribution in [2.75, 3.05) is 0 Å². The fraction of sp³-hybridized carbons (Fsp3) is 0.969. The Morgan fingerprint density at radius 3 is 2.03 bits per heavy atom. The van der Waals surface area contributed by atoms with Gasteiger partial charge in [-0.25, -0.2) is 0 Å². The molecule has 1 unspecified atom stereocenters. The third kappa shape index (κ3) is 3.27.